The Morgan fingerprint density at radius 2 is 2.28 bits per heavy atom. The Labute approximate surface area is 113 Å². The largest absolute Gasteiger partial charge is 0.346 e. The standard InChI is InChI=1S/C12H23N5S/c1-2-11(4-5-13)16-6-3-7-17(9-8-16)12-14-10-15-18-12/h10-11H,2-9,13H2,1H3. The number of rotatable bonds is 5. The van der Waals surface area contributed by atoms with Crippen LogP contribution in [0.1, 0.15) is 26.2 Å². The SMILES string of the molecule is CCC(CCN)N1CCCN(c2ncns2)CC1. The van der Waals surface area contributed by atoms with Crippen LogP contribution >= 0.6 is 11.5 Å². The molecule has 18 heavy (non-hydrogen) atoms. The minimum Gasteiger partial charge on any atom is -0.346 e. The summed E-state index contributed by atoms with van der Waals surface area (Å²) in [5.41, 5.74) is 5.70. The van der Waals surface area contributed by atoms with E-state index in [2.05, 4.69) is 26.1 Å². The lowest BCUT2D eigenvalue weighted by Crippen LogP contribution is -2.39. The second-order valence-corrected chi connectivity index (χ2v) is 5.50. The highest BCUT2D eigenvalue weighted by Gasteiger charge is 2.21. The van der Waals surface area contributed by atoms with E-state index in [0.717, 1.165) is 37.7 Å². The molecule has 1 aromatic rings. The zero-order valence-electron chi connectivity index (χ0n) is 11.1. The first-order chi connectivity index (χ1) is 8.85. The molecule has 0 aromatic carbocycles. The third-order valence-electron chi connectivity index (χ3n) is 3.64. The van der Waals surface area contributed by atoms with Gasteiger partial charge in [-0.15, -0.1) is 0 Å². The molecule has 0 spiro atoms. The van der Waals surface area contributed by atoms with Crippen LogP contribution in [0.5, 0.6) is 0 Å². The van der Waals surface area contributed by atoms with E-state index in [4.69, 9.17) is 5.73 Å². The number of aromatic nitrogens is 2. The van der Waals surface area contributed by atoms with Gasteiger partial charge in [0.05, 0.1) is 0 Å². The molecule has 5 nitrogen and oxygen atoms in total. The van der Waals surface area contributed by atoms with E-state index in [9.17, 15) is 0 Å². The molecule has 1 fully saturated rings. The molecule has 0 saturated carbocycles. The summed E-state index contributed by atoms with van der Waals surface area (Å²) in [6, 6.07) is 0.643. The van der Waals surface area contributed by atoms with E-state index in [-0.39, 0.29) is 0 Å². The molecule has 6 heteroatoms. The molecule has 1 aliphatic rings. The van der Waals surface area contributed by atoms with Crippen LogP contribution in [0, 0.1) is 0 Å². The van der Waals surface area contributed by atoms with Crippen LogP contribution in [0.25, 0.3) is 0 Å². The molecule has 1 aromatic heterocycles. The van der Waals surface area contributed by atoms with E-state index >= 15 is 0 Å². The molecule has 1 saturated heterocycles. The van der Waals surface area contributed by atoms with Gasteiger partial charge in [-0.3, -0.25) is 4.90 Å². The van der Waals surface area contributed by atoms with Gasteiger partial charge in [0.2, 0.25) is 5.13 Å². The van der Waals surface area contributed by atoms with Gasteiger partial charge in [-0.1, -0.05) is 6.92 Å². The second-order valence-electron chi connectivity index (χ2n) is 4.74. The highest BCUT2D eigenvalue weighted by Crippen LogP contribution is 2.18. The average molecular weight is 269 g/mol. The Kier molecular flexibility index (Phi) is 5.34. The van der Waals surface area contributed by atoms with Crippen molar-refractivity contribution in [3.63, 3.8) is 0 Å². The smallest absolute Gasteiger partial charge is 0.204 e. The van der Waals surface area contributed by atoms with Gasteiger partial charge in [0.1, 0.15) is 6.33 Å². The predicted octanol–water partition coefficient (Wildman–Crippen LogP) is 1.18. The van der Waals surface area contributed by atoms with Crippen LogP contribution in [-0.4, -0.2) is 53.0 Å². The molecule has 2 N–H and O–H groups in total. The summed E-state index contributed by atoms with van der Waals surface area (Å²) >= 11 is 1.49. The summed E-state index contributed by atoms with van der Waals surface area (Å²) in [6.07, 6.45) is 5.14. The normalized spacial score (nSPS) is 19.8. The minimum atomic E-state index is 0.643. The molecule has 0 bridgehead atoms. The minimum absolute atomic E-state index is 0.643. The van der Waals surface area contributed by atoms with Gasteiger partial charge >= 0.3 is 0 Å². The van der Waals surface area contributed by atoms with Gasteiger partial charge in [-0.2, -0.15) is 4.37 Å². The number of anilines is 1. The highest BCUT2D eigenvalue weighted by atomic mass is 32.1. The Balaban J connectivity index is 1.91. The molecule has 0 radical (unpaired) electrons. The highest BCUT2D eigenvalue weighted by molar-refractivity contribution is 7.09. The number of nitrogens with zero attached hydrogens (tertiary/aromatic N) is 4. The number of hydrogen-bond donors (Lipinski definition) is 1. The van der Waals surface area contributed by atoms with Crippen LogP contribution < -0.4 is 10.6 Å². The topological polar surface area (TPSA) is 58.3 Å². The van der Waals surface area contributed by atoms with E-state index in [1.54, 1.807) is 6.33 Å². The zero-order valence-corrected chi connectivity index (χ0v) is 11.9. The monoisotopic (exact) mass is 269 g/mol. The van der Waals surface area contributed by atoms with Crippen molar-refractivity contribution < 1.29 is 0 Å². The quantitative estimate of drug-likeness (QED) is 0.870. The van der Waals surface area contributed by atoms with Crippen molar-refractivity contribution in [2.45, 2.75) is 32.2 Å². The Hall–Kier alpha value is -0.720. The average Bonchev–Trinajstić information content (AvgIpc) is 2.81. The number of nitrogens with two attached hydrogens (primary N) is 1. The van der Waals surface area contributed by atoms with Crippen molar-refractivity contribution in [3.8, 4) is 0 Å². The molecule has 0 aliphatic carbocycles. The first kappa shape index (κ1) is 13.7. The van der Waals surface area contributed by atoms with Gasteiger partial charge in [-0.05, 0) is 25.8 Å². The van der Waals surface area contributed by atoms with Gasteiger partial charge in [0.15, 0.2) is 0 Å². The summed E-state index contributed by atoms with van der Waals surface area (Å²) in [7, 11) is 0. The first-order valence-electron chi connectivity index (χ1n) is 6.81. The fraction of sp³-hybridized carbons (Fsp3) is 0.833. The van der Waals surface area contributed by atoms with Crippen molar-refractivity contribution >= 4 is 16.7 Å². The van der Waals surface area contributed by atoms with Crippen molar-refractivity contribution in [2.24, 2.45) is 5.73 Å². The molecule has 1 unspecified atom stereocenters. The summed E-state index contributed by atoms with van der Waals surface area (Å²) in [5.74, 6) is 0. The van der Waals surface area contributed by atoms with Gasteiger partial charge in [0.25, 0.3) is 0 Å². The molecule has 1 aliphatic heterocycles. The van der Waals surface area contributed by atoms with Crippen LogP contribution in [0.15, 0.2) is 6.33 Å². The van der Waals surface area contributed by atoms with E-state index in [0.29, 0.717) is 6.04 Å². The zero-order chi connectivity index (χ0) is 12.8. The maximum Gasteiger partial charge on any atom is 0.204 e. The Bertz CT molecular complexity index is 329. The van der Waals surface area contributed by atoms with E-state index in [1.165, 1.54) is 30.9 Å². The lowest BCUT2D eigenvalue weighted by molar-refractivity contribution is 0.196. The molecule has 0 amide bonds. The second kappa shape index (κ2) is 7.01. The van der Waals surface area contributed by atoms with Crippen molar-refractivity contribution in [1.82, 2.24) is 14.3 Å². The fourth-order valence-corrected chi connectivity index (χ4v) is 3.22. The maximum absolute atomic E-state index is 5.70. The summed E-state index contributed by atoms with van der Waals surface area (Å²) < 4.78 is 4.09. The van der Waals surface area contributed by atoms with Crippen LogP contribution in [0.4, 0.5) is 5.13 Å². The van der Waals surface area contributed by atoms with Gasteiger partial charge < -0.3 is 10.6 Å². The van der Waals surface area contributed by atoms with Crippen molar-refractivity contribution in [2.75, 3.05) is 37.6 Å². The summed E-state index contributed by atoms with van der Waals surface area (Å²) in [4.78, 5) is 9.25. The lowest BCUT2D eigenvalue weighted by atomic mass is 10.1. The maximum atomic E-state index is 5.70. The van der Waals surface area contributed by atoms with Gasteiger partial charge in [-0.25, -0.2) is 4.98 Å². The van der Waals surface area contributed by atoms with E-state index in [1.807, 2.05) is 0 Å². The number of hydrogen-bond acceptors (Lipinski definition) is 6. The van der Waals surface area contributed by atoms with Crippen molar-refractivity contribution in [1.29, 1.82) is 0 Å². The fourth-order valence-electron chi connectivity index (χ4n) is 2.64. The Morgan fingerprint density at radius 3 is 2.94 bits per heavy atom. The van der Waals surface area contributed by atoms with Crippen LogP contribution in [0.3, 0.4) is 0 Å². The molecule has 2 heterocycles. The predicted molar refractivity (Wildman–Crippen MR) is 76.1 cm³/mol. The molecule has 2 rings (SSSR count). The third-order valence-corrected chi connectivity index (χ3v) is 4.36. The van der Waals surface area contributed by atoms with Crippen molar-refractivity contribution in [3.05, 3.63) is 6.33 Å². The summed E-state index contributed by atoms with van der Waals surface area (Å²) in [6.45, 7) is 7.47. The van der Waals surface area contributed by atoms with E-state index < -0.39 is 0 Å². The Morgan fingerprint density at radius 1 is 1.39 bits per heavy atom. The molecular formula is C12H23N5S. The lowest BCUT2D eigenvalue weighted by Gasteiger charge is -2.29. The third kappa shape index (κ3) is 3.40. The van der Waals surface area contributed by atoms with Crippen LogP contribution in [-0.2, 0) is 0 Å². The first-order valence-corrected chi connectivity index (χ1v) is 7.58. The molecule has 1 atom stereocenters. The molecule has 102 valence electrons. The molecular weight excluding hydrogens is 246 g/mol. The van der Waals surface area contributed by atoms with Crippen LogP contribution in [0.2, 0.25) is 0 Å². The summed E-state index contributed by atoms with van der Waals surface area (Å²) in [5, 5.41) is 1.06. The van der Waals surface area contributed by atoms with Gasteiger partial charge in [0, 0.05) is 43.8 Å².